The topological polar surface area (TPSA) is 42.0 Å². The Bertz CT molecular complexity index is 573. The lowest BCUT2D eigenvalue weighted by Gasteiger charge is -2.06. The Morgan fingerprint density at radius 1 is 1.15 bits per heavy atom. The standard InChI is InChI=1S/C14H12Cl2N2OS/c15-12-8-10(9-13(16)18-12)14(19)17-6-7-20-11-4-2-1-3-5-11/h1-5,8-9H,6-7H2,(H,17,19). The summed E-state index contributed by atoms with van der Waals surface area (Å²) in [4.78, 5) is 16.9. The molecule has 0 saturated heterocycles. The maximum absolute atomic E-state index is 11.9. The minimum absolute atomic E-state index is 0.204. The summed E-state index contributed by atoms with van der Waals surface area (Å²) >= 11 is 13.2. The Kier molecular flexibility index (Phi) is 5.71. The third-order valence-electron chi connectivity index (χ3n) is 2.42. The summed E-state index contributed by atoms with van der Waals surface area (Å²) < 4.78 is 0. The molecule has 6 heteroatoms. The average Bonchev–Trinajstić information content (AvgIpc) is 2.43. The fraction of sp³-hybridized carbons (Fsp3) is 0.143. The minimum atomic E-state index is -0.204. The molecule has 1 aromatic carbocycles. The van der Waals surface area contributed by atoms with Gasteiger partial charge >= 0.3 is 0 Å². The molecule has 0 fully saturated rings. The number of aromatic nitrogens is 1. The lowest BCUT2D eigenvalue weighted by molar-refractivity contribution is 0.0956. The van der Waals surface area contributed by atoms with Gasteiger partial charge in [-0.05, 0) is 24.3 Å². The molecule has 0 aliphatic carbocycles. The largest absolute Gasteiger partial charge is 0.351 e. The second-order valence-corrected chi connectivity index (χ2v) is 5.86. The van der Waals surface area contributed by atoms with Crippen LogP contribution in [0.3, 0.4) is 0 Å². The first-order chi connectivity index (χ1) is 9.65. The van der Waals surface area contributed by atoms with Crippen molar-refractivity contribution in [2.45, 2.75) is 4.90 Å². The van der Waals surface area contributed by atoms with E-state index < -0.39 is 0 Å². The van der Waals surface area contributed by atoms with Crippen molar-refractivity contribution in [3.63, 3.8) is 0 Å². The molecule has 0 aliphatic heterocycles. The maximum atomic E-state index is 11.9. The molecule has 104 valence electrons. The lowest BCUT2D eigenvalue weighted by atomic mass is 10.2. The molecule has 2 aromatic rings. The summed E-state index contributed by atoms with van der Waals surface area (Å²) in [7, 11) is 0. The molecular weight excluding hydrogens is 315 g/mol. The second-order valence-electron chi connectivity index (χ2n) is 3.92. The summed E-state index contributed by atoms with van der Waals surface area (Å²) in [6, 6.07) is 13.0. The highest BCUT2D eigenvalue weighted by molar-refractivity contribution is 7.99. The number of carbonyl (C=O) groups is 1. The van der Waals surface area contributed by atoms with Crippen LogP contribution in [0.15, 0.2) is 47.4 Å². The van der Waals surface area contributed by atoms with Gasteiger partial charge in [0, 0.05) is 22.8 Å². The predicted molar refractivity (Wildman–Crippen MR) is 83.8 cm³/mol. The van der Waals surface area contributed by atoms with Gasteiger partial charge in [0.1, 0.15) is 10.3 Å². The highest BCUT2D eigenvalue weighted by atomic mass is 35.5. The van der Waals surface area contributed by atoms with Crippen molar-refractivity contribution in [3.05, 3.63) is 58.3 Å². The number of nitrogens with one attached hydrogen (secondary N) is 1. The van der Waals surface area contributed by atoms with Gasteiger partial charge in [-0.25, -0.2) is 4.98 Å². The van der Waals surface area contributed by atoms with Crippen LogP contribution in [0.5, 0.6) is 0 Å². The lowest BCUT2D eigenvalue weighted by Crippen LogP contribution is -2.25. The van der Waals surface area contributed by atoms with Crippen LogP contribution in [0, 0.1) is 0 Å². The van der Waals surface area contributed by atoms with E-state index in [1.54, 1.807) is 11.8 Å². The Balaban J connectivity index is 1.80. The van der Waals surface area contributed by atoms with E-state index in [0.717, 1.165) is 5.75 Å². The molecule has 20 heavy (non-hydrogen) atoms. The monoisotopic (exact) mass is 326 g/mol. The molecule has 1 N–H and O–H groups in total. The smallest absolute Gasteiger partial charge is 0.251 e. The fourth-order valence-corrected chi connectivity index (χ4v) is 2.80. The van der Waals surface area contributed by atoms with Crippen molar-refractivity contribution in [1.29, 1.82) is 0 Å². The Hall–Kier alpha value is -1.23. The van der Waals surface area contributed by atoms with Crippen molar-refractivity contribution in [3.8, 4) is 0 Å². The highest BCUT2D eigenvalue weighted by Crippen LogP contribution is 2.16. The van der Waals surface area contributed by atoms with Gasteiger partial charge in [0.25, 0.3) is 5.91 Å². The summed E-state index contributed by atoms with van der Waals surface area (Å²) in [6.07, 6.45) is 0. The molecule has 1 amide bonds. The second kappa shape index (κ2) is 7.53. The van der Waals surface area contributed by atoms with E-state index in [9.17, 15) is 4.79 Å². The third kappa shape index (κ3) is 4.71. The molecule has 0 atom stereocenters. The molecule has 0 bridgehead atoms. The van der Waals surface area contributed by atoms with Gasteiger partial charge in [-0.1, -0.05) is 41.4 Å². The summed E-state index contributed by atoms with van der Waals surface area (Å²) in [5.74, 6) is 0.590. The maximum Gasteiger partial charge on any atom is 0.251 e. The average molecular weight is 327 g/mol. The number of nitrogens with zero attached hydrogens (tertiary/aromatic N) is 1. The van der Waals surface area contributed by atoms with Gasteiger partial charge in [-0.3, -0.25) is 4.79 Å². The molecule has 0 radical (unpaired) electrons. The van der Waals surface area contributed by atoms with E-state index in [-0.39, 0.29) is 16.2 Å². The first kappa shape index (κ1) is 15.2. The van der Waals surface area contributed by atoms with Crippen molar-refractivity contribution < 1.29 is 4.79 Å². The molecule has 0 spiro atoms. The molecule has 1 aromatic heterocycles. The minimum Gasteiger partial charge on any atom is -0.351 e. The van der Waals surface area contributed by atoms with E-state index in [2.05, 4.69) is 10.3 Å². The van der Waals surface area contributed by atoms with E-state index in [1.165, 1.54) is 17.0 Å². The number of carbonyl (C=O) groups excluding carboxylic acids is 1. The van der Waals surface area contributed by atoms with Crippen LogP contribution in [0.25, 0.3) is 0 Å². The van der Waals surface area contributed by atoms with Gasteiger partial charge in [0.05, 0.1) is 0 Å². The van der Waals surface area contributed by atoms with E-state index in [0.29, 0.717) is 12.1 Å². The number of halogens is 2. The number of hydrogen-bond acceptors (Lipinski definition) is 3. The van der Waals surface area contributed by atoms with Crippen LogP contribution in [-0.2, 0) is 0 Å². The molecule has 0 unspecified atom stereocenters. The number of hydrogen-bond donors (Lipinski definition) is 1. The Labute approximate surface area is 131 Å². The zero-order valence-electron chi connectivity index (χ0n) is 10.5. The van der Waals surface area contributed by atoms with Gasteiger partial charge < -0.3 is 5.32 Å². The van der Waals surface area contributed by atoms with Crippen LogP contribution in [0.1, 0.15) is 10.4 Å². The fourth-order valence-electron chi connectivity index (χ4n) is 1.55. The Morgan fingerprint density at radius 2 is 1.80 bits per heavy atom. The van der Waals surface area contributed by atoms with Gasteiger partial charge in [0.15, 0.2) is 0 Å². The molecule has 2 rings (SSSR count). The number of rotatable bonds is 5. The van der Waals surface area contributed by atoms with Crippen molar-refractivity contribution in [1.82, 2.24) is 10.3 Å². The zero-order valence-corrected chi connectivity index (χ0v) is 12.8. The predicted octanol–water partition coefficient (Wildman–Crippen LogP) is 3.91. The molecular formula is C14H12Cl2N2OS. The Morgan fingerprint density at radius 3 is 2.45 bits per heavy atom. The van der Waals surface area contributed by atoms with Crippen molar-refractivity contribution in [2.24, 2.45) is 0 Å². The van der Waals surface area contributed by atoms with Crippen molar-refractivity contribution in [2.75, 3.05) is 12.3 Å². The van der Waals surface area contributed by atoms with Crippen molar-refractivity contribution >= 4 is 40.9 Å². The summed E-state index contributed by atoms with van der Waals surface area (Å²) in [6.45, 7) is 0.565. The first-order valence-electron chi connectivity index (χ1n) is 5.94. The molecule has 3 nitrogen and oxygen atoms in total. The van der Waals surface area contributed by atoms with Gasteiger partial charge in [-0.15, -0.1) is 11.8 Å². The van der Waals surface area contributed by atoms with E-state index in [4.69, 9.17) is 23.2 Å². The number of pyridine rings is 1. The molecule has 0 aliphatic rings. The number of thioether (sulfide) groups is 1. The van der Waals surface area contributed by atoms with E-state index >= 15 is 0 Å². The normalized spacial score (nSPS) is 10.3. The SMILES string of the molecule is O=C(NCCSc1ccccc1)c1cc(Cl)nc(Cl)c1. The quantitative estimate of drug-likeness (QED) is 0.514. The third-order valence-corrected chi connectivity index (χ3v) is 3.83. The number of amides is 1. The molecule has 0 saturated carbocycles. The molecule has 1 heterocycles. The highest BCUT2D eigenvalue weighted by Gasteiger charge is 2.08. The summed E-state index contributed by atoms with van der Waals surface area (Å²) in [5, 5.41) is 3.24. The summed E-state index contributed by atoms with van der Waals surface area (Å²) in [5.41, 5.74) is 0.416. The van der Waals surface area contributed by atoms with Crippen LogP contribution < -0.4 is 5.32 Å². The van der Waals surface area contributed by atoms with Crippen LogP contribution in [0.4, 0.5) is 0 Å². The van der Waals surface area contributed by atoms with Crippen LogP contribution >= 0.6 is 35.0 Å². The zero-order chi connectivity index (χ0) is 14.4. The van der Waals surface area contributed by atoms with Crippen LogP contribution in [-0.4, -0.2) is 23.2 Å². The van der Waals surface area contributed by atoms with Gasteiger partial charge in [-0.2, -0.15) is 0 Å². The van der Waals surface area contributed by atoms with Gasteiger partial charge in [0.2, 0.25) is 0 Å². The first-order valence-corrected chi connectivity index (χ1v) is 7.68. The van der Waals surface area contributed by atoms with E-state index in [1.807, 2.05) is 30.3 Å². The number of benzene rings is 1. The van der Waals surface area contributed by atoms with Crippen LogP contribution in [0.2, 0.25) is 10.3 Å².